The Labute approximate surface area is 114 Å². The van der Waals surface area contributed by atoms with Gasteiger partial charge >= 0.3 is 0 Å². The highest BCUT2D eigenvalue weighted by atomic mass is 35.5. The van der Waals surface area contributed by atoms with Crippen LogP contribution >= 0.6 is 23.2 Å². The highest BCUT2D eigenvalue weighted by molar-refractivity contribution is 6.41. The number of pyridine rings is 1. The van der Waals surface area contributed by atoms with Crippen molar-refractivity contribution < 1.29 is 9.21 Å². The van der Waals surface area contributed by atoms with Crippen LogP contribution in [0.3, 0.4) is 0 Å². The molecule has 0 unspecified atom stereocenters. The van der Waals surface area contributed by atoms with Crippen LogP contribution < -0.4 is 5.32 Å². The summed E-state index contributed by atoms with van der Waals surface area (Å²) in [4.78, 5) is 15.7. The molecule has 1 amide bonds. The molecule has 2 rings (SSSR count). The predicted octanol–water partition coefficient (Wildman–Crippen LogP) is 3.47. The molecule has 0 aliphatic rings. The van der Waals surface area contributed by atoms with Crippen molar-refractivity contribution in [3.8, 4) is 0 Å². The minimum Gasteiger partial charge on any atom is -0.467 e. The molecular formula is C12H10Cl2N2O2. The quantitative estimate of drug-likeness (QED) is 0.878. The van der Waals surface area contributed by atoms with Gasteiger partial charge in [0, 0.05) is 6.20 Å². The Bertz CT molecular complexity index is 555. The number of halogens is 2. The first-order chi connectivity index (χ1) is 8.58. The largest absolute Gasteiger partial charge is 0.467 e. The fourth-order valence-electron chi connectivity index (χ4n) is 1.43. The molecule has 18 heavy (non-hydrogen) atoms. The Hall–Kier alpha value is -1.52. The maximum Gasteiger partial charge on any atom is 0.253 e. The molecule has 0 saturated heterocycles. The molecule has 0 saturated carbocycles. The molecule has 1 atom stereocenters. The van der Waals surface area contributed by atoms with E-state index in [1.165, 1.54) is 12.3 Å². The van der Waals surface area contributed by atoms with Gasteiger partial charge in [-0.3, -0.25) is 4.79 Å². The molecule has 6 heteroatoms. The van der Waals surface area contributed by atoms with Crippen LogP contribution in [-0.4, -0.2) is 10.9 Å². The van der Waals surface area contributed by atoms with Crippen molar-refractivity contribution in [1.29, 1.82) is 0 Å². The standard InChI is InChI=1S/C12H10Cl2N2O2/c1-7(10-3-2-4-18-10)16-12(17)8-5-9(13)11(14)15-6-8/h2-7H,1H3,(H,16,17)/t7-/m1/s1. The first kappa shape index (κ1) is 12.9. The lowest BCUT2D eigenvalue weighted by molar-refractivity contribution is 0.0935. The Morgan fingerprint density at radius 1 is 1.50 bits per heavy atom. The van der Waals surface area contributed by atoms with Crippen LogP contribution in [0.2, 0.25) is 10.2 Å². The van der Waals surface area contributed by atoms with E-state index in [2.05, 4.69) is 10.3 Å². The number of nitrogens with zero attached hydrogens (tertiary/aromatic N) is 1. The molecule has 0 aromatic carbocycles. The van der Waals surface area contributed by atoms with E-state index in [0.29, 0.717) is 11.3 Å². The number of hydrogen-bond acceptors (Lipinski definition) is 3. The average molecular weight is 285 g/mol. The maximum atomic E-state index is 11.9. The van der Waals surface area contributed by atoms with Crippen molar-refractivity contribution in [3.05, 3.63) is 52.2 Å². The molecule has 2 aromatic rings. The zero-order valence-corrected chi connectivity index (χ0v) is 11.0. The molecule has 1 N–H and O–H groups in total. The number of aromatic nitrogens is 1. The number of furan rings is 1. The van der Waals surface area contributed by atoms with E-state index in [1.807, 2.05) is 6.92 Å². The van der Waals surface area contributed by atoms with E-state index >= 15 is 0 Å². The number of amides is 1. The molecule has 0 aliphatic carbocycles. The van der Waals surface area contributed by atoms with Crippen LogP contribution in [0.1, 0.15) is 29.1 Å². The van der Waals surface area contributed by atoms with Gasteiger partial charge in [-0.05, 0) is 25.1 Å². The van der Waals surface area contributed by atoms with E-state index in [0.717, 1.165) is 0 Å². The van der Waals surface area contributed by atoms with Crippen molar-refractivity contribution in [3.63, 3.8) is 0 Å². The Morgan fingerprint density at radius 3 is 2.89 bits per heavy atom. The third-order valence-electron chi connectivity index (χ3n) is 2.38. The van der Waals surface area contributed by atoms with Gasteiger partial charge in [0.2, 0.25) is 0 Å². The highest BCUT2D eigenvalue weighted by Crippen LogP contribution is 2.20. The van der Waals surface area contributed by atoms with Crippen molar-refractivity contribution in [2.45, 2.75) is 13.0 Å². The van der Waals surface area contributed by atoms with Crippen LogP contribution in [0.5, 0.6) is 0 Å². The number of rotatable bonds is 3. The van der Waals surface area contributed by atoms with Gasteiger partial charge in [-0.25, -0.2) is 4.98 Å². The molecular weight excluding hydrogens is 275 g/mol. The number of carbonyl (C=O) groups is 1. The van der Waals surface area contributed by atoms with E-state index in [9.17, 15) is 4.79 Å². The minimum atomic E-state index is -0.287. The second-order valence-corrected chi connectivity index (χ2v) is 4.47. The van der Waals surface area contributed by atoms with Crippen LogP contribution in [0.15, 0.2) is 35.1 Å². The Morgan fingerprint density at radius 2 is 2.28 bits per heavy atom. The number of nitrogens with one attached hydrogen (secondary N) is 1. The highest BCUT2D eigenvalue weighted by Gasteiger charge is 2.14. The van der Waals surface area contributed by atoms with Gasteiger partial charge < -0.3 is 9.73 Å². The van der Waals surface area contributed by atoms with Crippen LogP contribution in [0, 0.1) is 0 Å². The predicted molar refractivity (Wildman–Crippen MR) is 68.8 cm³/mol. The average Bonchev–Trinajstić information content (AvgIpc) is 2.86. The summed E-state index contributed by atoms with van der Waals surface area (Å²) in [5, 5.41) is 3.19. The van der Waals surface area contributed by atoms with Gasteiger partial charge in [-0.15, -0.1) is 0 Å². The summed E-state index contributed by atoms with van der Waals surface area (Å²) < 4.78 is 5.20. The summed E-state index contributed by atoms with van der Waals surface area (Å²) >= 11 is 11.5. The molecule has 0 fully saturated rings. The zero-order valence-electron chi connectivity index (χ0n) is 9.48. The molecule has 0 radical (unpaired) electrons. The van der Waals surface area contributed by atoms with E-state index < -0.39 is 0 Å². The van der Waals surface area contributed by atoms with Gasteiger partial charge in [0.1, 0.15) is 10.9 Å². The van der Waals surface area contributed by atoms with Gasteiger partial charge in [0.15, 0.2) is 0 Å². The monoisotopic (exact) mass is 284 g/mol. The summed E-state index contributed by atoms with van der Waals surface area (Å²) in [6, 6.07) is 4.79. The first-order valence-electron chi connectivity index (χ1n) is 5.23. The Kier molecular flexibility index (Phi) is 3.89. The van der Waals surface area contributed by atoms with Crippen LogP contribution in [0.25, 0.3) is 0 Å². The lowest BCUT2D eigenvalue weighted by atomic mass is 10.2. The van der Waals surface area contributed by atoms with Crippen molar-refractivity contribution in [2.24, 2.45) is 0 Å². The van der Waals surface area contributed by atoms with Crippen molar-refractivity contribution in [1.82, 2.24) is 10.3 Å². The molecule has 0 aliphatic heterocycles. The summed E-state index contributed by atoms with van der Waals surface area (Å²) in [7, 11) is 0. The summed E-state index contributed by atoms with van der Waals surface area (Å²) in [6.07, 6.45) is 2.93. The zero-order chi connectivity index (χ0) is 13.1. The summed E-state index contributed by atoms with van der Waals surface area (Å²) in [5.74, 6) is 0.390. The third kappa shape index (κ3) is 2.83. The molecule has 2 heterocycles. The molecule has 2 aromatic heterocycles. The number of hydrogen-bond donors (Lipinski definition) is 1. The first-order valence-corrected chi connectivity index (χ1v) is 5.99. The smallest absolute Gasteiger partial charge is 0.253 e. The number of carbonyl (C=O) groups excluding carboxylic acids is 1. The van der Waals surface area contributed by atoms with Crippen molar-refractivity contribution in [2.75, 3.05) is 0 Å². The molecule has 0 spiro atoms. The topological polar surface area (TPSA) is 55.1 Å². The second-order valence-electron chi connectivity index (χ2n) is 3.71. The minimum absolute atomic E-state index is 0.173. The molecule has 94 valence electrons. The van der Waals surface area contributed by atoms with Crippen LogP contribution in [0.4, 0.5) is 0 Å². The van der Waals surface area contributed by atoms with Crippen LogP contribution in [-0.2, 0) is 0 Å². The van der Waals surface area contributed by atoms with E-state index in [4.69, 9.17) is 27.6 Å². The normalized spacial score (nSPS) is 12.2. The van der Waals surface area contributed by atoms with E-state index in [-0.39, 0.29) is 22.1 Å². The third-order valence-corrected chi connectivity index (χ3v) is 3.06. The fourth-order valence-corrected chi connectivity index (χ4v) is 1.70. The SMILES string of the molecule is C[C@@H](NC(=O)c1cnc(Cl)c(Cl)c1)c1ccco1. The van der Waals surface area contributed by atoms with E-state index in [1.54, 1.807) is 18.4 Å². The lowest BCUT2D eigenvalue weighted by Crippen LogP contribution is -2.26. The molecule has 0 bridgehead atoms. The maximum absolute atomic E-state index is 11.9. The lowest BCUT2D eigenvalue weighted by Gasteiger charge is -2.11. The van der Waals surface area contributed by atoms with Gasteiger partial charge in [-0.1, -0.05) is 23.2 Å². The second kappa shape index (κ2) is 5.42. The summed E-state index contributed by atoms with van der Waals surface area (Å²) in [6.45, 7) is 1.82. The molecule has 4 nitrogen and oxygen atoms in total. The Balaban J connectivity index is 2.10. The van der Waals surface area contributed by atoms with Crippen molar-refractivity contribution >= 4 is 29.1 Å². The van der Waals surface area contributed by atoms with Gasteiger partial charge in [-0.2, -0.15) is 0 Å². The summed E-state index contributed by atoms with van der Waals surface area (Å²) in [5.41, 5.74) is 0.350. The van der Waals surface area contributed by atoms with Gasteiger partial charge in [0.05, 0.1) is 22.9 Å². The van der Waals surface area contributed by atoms with Gasteiger partial charge in [0.25, 0.3) is 5.91 Å². The fraction of sp³-hybridized carbons (Fsp3) is 0.167.